The van der Waals surface area contributed by atoms with Crippen molar-refractivity contribution >= 4 is 5.91 Å². The van der Waals surface area contributed by atoms with Crippen molar-refractivity contribution < 1.29 is 4.79 Å². The molecular weight excluding hydrogens is 236 g/mol. The highest BCUT2D eigenvalue weighted by Crippen LogP contribution is 2.27. The van der Waals surface area contributed by atoms with Crippen molar-refractivity contribution in [2.24, 2.45) is 5.41 Å². The van der Waals surface area contributed by atoms with Crippen molar-refractivity contribution in [2.45, 2.75) is 26.8 Å². The van der Waals surface area contributed by atoms with Gasteiger partial charge >= 0.3 is 0 Å². The zero-order chi connectivity index (χ0) is 14.0. The molecule has 104 valence electrons. The number of rotatable bonds is 1. The summed E-state index contributed by atoms with van der Waals surface area (Å²) in [5.74, 6) is 0.251. The Morgan fingerprint density at radius 3 is 2.37 bits per heavy atom. The lowest BCUT2D eigenvalue weighted by Gasteiger charge is -2.41. The van der Waals surface area contributed by atoms with Crippen molar-refractivity contribution in [3.05, 3.63) is 35.9 Å². The molecule has 1 heterocycles. The minimum Gasteiger partial charge on any atom is -0.339 e. The number of piperazine rings is 1. The minimum absolute atomic E-state index is 0.251. The fourth-order valence-corrected chi connectivity index (χ4v) is 2.57. The summed E-state index contributed by atoms with van der Waals surface area (Å²) in [7, 11) is 2.14. The van der Waals surface area contributed by atoms with E-state index in [1.165, 1.54) is 5.56 Å². The van der Waals surface area contributed by atoms with E-state index in [9.17, 15) is 4.79 Å². The number of likely N-dealkylation sites (N-methyl/N-ethyl adjacent to an activating group) is 1. The van der Waals surface area contributed by atoms with Crippen molar-refractivity contribution in [3.63, 3.8) is 0 Å². The van der Waals surface area contributed by atoms with E-state index in [4.69, 9.17) is 0 Å². The van der Waals surface area contributed by atoms with Crippen LogP contribution in [0, 0.1) is 5.41 Å². The predicted octanol–water partition coefficient (Wildman–Crippen LogP) is 2.55. The number of hydrogen-bond acceptors (Lipinski definition) is 2. The molecule has 0 saturated carbocycles. The lowest BCUT2D eigenvalue weighted by Crippen LogP contribution is -2.51. The monoisotopic (exact) mass is 260 g/mol. The van der Waals surface area contributed by atoms with Crippen LogP contribution in [0.2, 0.25) is 0 Å². The first kappa shape index (κ1) is 14.1. The zero-order valence-corrected chi connectivity index (χ0v) is 12.4. The highest BCUT2D eigenvalue weighted by atomic mass is 16.2. The number of amides is 1. The summed E-state index contributed by atoms with van der Waals surface area (Å²) in [5.41, 5.74) is 0.994. The van der Waals surface area contributed by atoms with Gasteiger partial charge in [0.2, 0.25) is 5.91 Å². The van der Waals surface area contributed by atoms with Crippen LogP contribution in [-0.4, -0.2) is 42.4 Å². The van der Waals surface area contributed by atoms with Gasteiger partial charge in [-0.1, -0.05) is 51.1 Å². The molecule has 1 aliphatic heterocycles. The molecule has 0 bridgehead atoms. The number of carbonyl (C=O) groups excluding carboxylic acids is 1. The standard InChI is InChI=1S/C16H24N2O/c1-16(2,3)15(19)18-11-10-17(4)14(12-18)13-8-6-5-7-9-13/h5-9,14H,10-12H2,1-4H3. The normalized spacial score (nSPS) is 21.5. The molecule has 1 unspecified atom stereocenters. The van der Waals surface area contributed by atoms with Crippen molar-refractivity contribution in [1.82, 2.24) is 9.80 Å². The zero-order valence-electron chi connectivity index (χ0n) is 12.4. The Kier molecular flexibility index (Phi) is 3.95. The number of carbonyl (C=O) groups is 1. The average Bonchev–Trinajstić information content (AvgIpc) is 2.38. The highest BCUT2D eigenvalue weighted by Gasteiger charge is 2.33. The molecule has 1 fully saturated rings. The molecule has 1 aromatic carbocycles. The molecule has 1 saturated heterocycles. The van der Waals surface area contributed by atoms with Crippen LogP contribution in [0.4, 0.5) is 0 Å². The van der Waals surface area contributed by atoms with Crippen LogP contribution in [0.25, 0.3) is 0 Å². The van der Waals surface area contributed by atoms with Crippen molar-refractivity contribution in [1.29, 1.82) is 0 Å². The molecule has 3 nitrogen and oxygen atoms in total. The quantitative estimate of drug-likeness (QED) is 0.774. The molecule has 1 aromatic rings. The molecule has 0 aliphatic carbocycles. The Morgan fingerprint density at radius 2 is 1.79 bits per heavy atom. The first-order valence-electron chi connectivity index (χ1n) is 6.94. The molecule has 1 aliphatic rings. The first-order chi connectivity index (χ1) is 8.89. The SMILES string of the molecule is CN1CCN(C(=O)C(C)(C)C)CC1c1ccccc1. The third-order valence-corrected chi connectivity index (χ3v) is 3.76. The minimum atomic E-state index is -0.294. The van der Waals surface area contributed by atoms with Gasteiger partial charge in [-0.25, -0.2) is 0 Å². The molecule has 2 rings (SSSR count). The Balaban J connectivity index is 2.15. The van der Waals surface area contributed by atoms with Gasteiger partial charge in [-0.15, -0.1) is 0 Å². The highest BCUT2D eigenvalue weighted by molar-refractivity contribution is 5.81. The van der Waals surface area contributed by atoms with E-state index in [0.29, 0.717) is 6.04 Å². The van der Waals surface area contributed by atoms with Gasteiger partial charge in [0.1, 0.15) is 0 Å². The molecule has 19 heavy (non-hydrogen) atoms. The first-order valence-corrected chi connectivity index (χ1v) is 6.94. The van der Waals surface area contributed by atoms with Gasteiger partial charge in [0.05, 0.1) is 6.04 Å². The van der Waals surface area contributed by atoms with Crippen LogP contribution in [0.1, 0.15) is 32.4 Å². The topological polar surface area (TPSA) is 23.6 Å². The van der Waals surface area contributed by atoms with Crippen LogP contribution < -0.4 is 0 Å². The van der Waals surface area contributed by atoms with E-state index in [1.54, 1.807) is 0 Å². The molecule has 3 heteroatoms. The molecule has 0 spiro atoms. The third-order valence-electron chi connectivity index (χ3n) is 3.76. The summed E-state index contributed by atoms with van der Waals surface area (Å²) >= 11 is 0. The third kappa shape index (κ3) is 3.16. The maximum atomic E-state index is 12.4. The number of benzene rings is 1. The second-order valence-corrected chi connectivity index (χ2v) is 6.41. The average molecular weight is 260 g/mol. The summed E-state index contributed by atoms with van der Waals surface area (Å²) in [4.78, 5) is 16.8. The van der Waals surface area contributed by atoms with Gasteiger partial charge in [0.15, 0.2) is 0 Å². The van der Waals surface area contributed by atoms with Crippen LogP contribution >= 0.6 is 0 Å². The molecular formula is C16H24N2O. The van der Waals surface area contributed by atoms with E-state index in [-0.39, 0.29) is 11.3 Å². The van der Waals surface area contributed by atoms with Gasteiger partial charge in [0.25, 0.3) is 0 Å². The molecule has 1 atom stereocenters. The Bertz CT molecular complexity index is 436. The lowest BCUT2D eigenvalue weighted by atomic mass is 9.93. The second kappa shape index (κ2) is 5.33. The number of hydrogen-bond donors (Lipinski definition) is 0. The maximum absolute atomic E-state index is 12.4. The maximum Gasteiger partial charge on any atom is 0.228 e. The van der Waals surface area contributed by atoms with E-state index >= 15 is 0 Å². The molecule has 0 radical (unpaired) electrons. The number of nitrogens with zero attached hydrogens (tertiary/aromatic N) is 2. The van der Waals surface area contributed by atoms with Crippen LogP contribution in [0.3, 0.4) is 0 Å². The van der Waals surface area contributed by atoms with Crippen LogP contribution in [0.15, 0.2) is 30.3 Å². The fourth-order valence-electron chi connectivity index (χ4n) is 2.57. The summed E-state index contributed by atoms with van der Waals surface area (Å²) in [6, 6.07) is 10.8. The van der Waals surface area contributed by atoms with E-state index in [1.807, 2.05) is 31.7 Å². The fraction of sp³-hybridized carbons (Fsp3) is 0.562. The van der Waals surface area contributed by atoms with E-state index < -0.39 is 0 Å². The Labute approximate surface area is 116 Å². The molecule has 1 amide bonds. The van der Waals surface area contributed by atoms with Gasteiger partial charge in [-0.05, 0) is 12.6 Å². The van der Waals surface area contributed by atoms with Crippen molar-refractivity contribution in [3.8, 4) is 0 Å². The van der Waals surface area contributed by atoms with Gasteiger partial charge in [-0.3, -0.25) is 9.69 Å². The van der Waals surface area contributed by atoms with Gasteiger partial charge < -0.3 is 4.90 Å². The lowest BCUT2D eigenvalue weighted by molar-refractivity contribution is -0.142. The second-order valence-electron chi connectivity index (χ2n) is 6.41. The molecule has 0 N–H and O–H groups in total. The predicted molar refractivity (Wildman–Crippen MR) is 77.8 cm³/mol. The molecule has 0 aromatic heterocycles. The summed E-state index contributed by atoms with van der Waals surface area (Å²) in [5, 5.41) is 0. The van der Waals surface area contributed by atoms with E-state index in [2.05, 4.69) is 36.2 Å². The Morgan fingerprint density at radius 1 is 1.16 bits per heavy atom. The van der Waals surface area contributed by atoms with Gasteiger partial charge in [0, 0.05) is 25.0 Å². The van der Waals surface area contributed by atoms with Crippen LogP contribution in [0.5, 0.6) is 0 Å². The largest absolute Gasteiger partial charge is 0.339 e. The summed E-state index contributed by atoms with van der Waals surface area (Å²) in [6.07, 6.45) is 0. The summed E-state index contributed by atoms with van der Waals surface area (Å²) < 4.78 is 0. The van der Waals surface area contributed by atoms with Crippen molar-refractivity contribution in [2.75, 3.05) is 26.7 Å². The summed E-state index contributed by atoms with van der Waals surface area (Å²) in [6.45, 7) is 8.52. The van der Waals surface area contributed by atoms with E-state index in [0.717, 1.165) is 19.6 Å². The Hall–Kier alpha value is -1.35. The smallest absolute Gasteiger partial charge is 0.228 e. The van der Waals surface area contributed by atoms with Gasteiger partial charge in [-0.2, -0.15) is 0 Å². The van der Waals surface area contributed by atoms with Crippen LogP contribution in [-0.2, 0) is 4.79 Å².